The molecule has 0 saturated carbocycles. The number of nitrogens with one attached hydrogen (secondary N) is 1. The number of nitrogens with zero attached hydrogens (tertiary/aromatic N) is 1. The zero-order chi connectivity index (χ0) is 15.4. The van der Waals surface area contributed by atoms with Gasteiger partial charge in [-0.3, -0.25) is 9.69 Å². The number of hydrogen-bond acceptors (Lipinski definition) is 4. The first kappa shape index (κ1) is 16.0. The van der Waals surface area contributed by atoms with Gasteiger partial charge in [0.1, 0.15) is 0 Å². The molecule has 1 N–H and O–H groups in total. The molecule has 1 amide bonds. The average Bonchev–Trinajstić information content (AvgIpc) is 2.86. The molecule has 1 aliphatic heterocycles. The Hall–Kier alpha value is -1.40. The highest BCUT2D eigenvalue weighted by Gasteiger charge is 2.23. The van der Waals surface area contributed by atoms with Crippen molar-refractivity contribution in [3.63, 3.8) is 0 Å². The molecular formula is C15H19BrN2O3. The van der Waals surface area contributed by atoms with Crippen LogP contribution in [0.15, 0.2) is 22.7 Å². The minimum Gasteiger partial charge on any atom is -0.465 e. The Morgan fingerprint density at radius 3 is 2.86 bits per heavy atom. The molecule has 0 aliphatic carbocycles. The van der Waals surface area contributed by atoms with E-state index in [1.807, 2.05) is 6.07 Å². The van der Waals surface area contributed by atoms with Crippen LogP contribution in [0.5, 0.6) is 0 Å². The van der Waals surface area contributed by atoms with E-state index < -0.39 is 0 Å². The zero-order valence-electron chi connectivity index (χ0n) is 12.2. The summed E-state index contributed by atoms with van der Waals surface area (Å²) in [5.41, 5.74) is 1.65. The van der Waals surface area contributed by atoms with Gasteiger partial charge in [-0.25, -0.2) is 4.79 Å². The standard InChI is InChI=1S/C15H19BrN2O3/c1-10(19)17-13-5-6-18(9-13)8-12-4-3-11(7-14(12)16)15(20)21-2/h3-4,7,13H,5-6,8-9H2,1-2H3,(H,17,19). The second-order valence-electron chi connectivity index (χ2n) is 5.22. The number of likely N-dealkylation sites (tertiary alicyclic amines) is 1. The normalized spacial score (nSPS) is 18.5. The lowest BCUT2D eigenvalue weighted by Crippen LogP contribution is -2.35. The molecule has 1 saturated heterocycles. The van der Waals surface area contributed by atoms with Crippen LogP contribution in [0, 0.1) is 0 Å². The van der Waals surface area contributed by atoms with Crippen molar-refractivity contribution in [3.05, 3.63) is 33.8 Å². The molecular weight excluding hydrogens is 336 g/mol. The first-order valence-electron chi connectivity index (χ1n) is 6.86. The van der Waals surface area contributed by atoms with Gasteiger partial charge in [-0.2, -0.15) is 0 Å². The van der Waals surface area contributed by atoms with Crippen molar-refractivity contribution in [2.75, 3.05) is 20.2 Å². The average molecular weight is 355 g/mol. The predicted molar refractivity (Wildman–Crippen MR) is 83.0 cm³/mol. The second kappa shape index (κ2) is 7.04. The molecule has 6 heteroatoms. The molecule has 0 spiro atoms. The number of benzene rings is 1. The summed E-state index contributed by atoms with van der Waals surface area (Å²) < 4.78 is 5.60. The number of carbonyl (C=O) groups is 2. The van der Waals surface area contributed by atoms with E-state index in [-0.39, 0.29) is 17.9 Å². The summed E-state index contributed by atoms with van der Waals surface area (Å²) in [6.07, 6.45) is 0.970. The lowest BCUT2D eigenvalue weighted by Gasteiger charge is -2.17. The first-order valence-corrected chi connectivity index (χ1v) is 7.65. The number of esters is 1. The summed E-state index contributed by atoms with van der Waals surface area (Å²) in [4.78, 5) is 24.8. The van der Waals surface area contributed by atoms with Crippen molar-refractivity contribution in [2.45, 2.75) is 25.9 Å². The lowest BCUT2D eigenvalue weighted by atomic mass is 10.1. The highest BCUT2D eigenvalue weighted by Crippen LogP contribution is 2.22. The summed E-state index contributed by atoms with van der Waals surface area (Å²) in [5.74, 6) is -0.320. The lowest BCUT2D eigenvalue weighted by molar-refractivity contribution is -0.119. The maximum Gasteiger partial charge on any atom is 0.337 e. The van der Waals surface area contributed by atoms with Gasteiger partial charge in [-0.05, 0) is 24.1 Å². The van der Waals surface area contributed by atoms with Crippen LogP contribution in [0.1, 0.15) is 29.3 Å². The van der Waals surface area contributed by atoms with Crippen molar-refractivity contribution in [1.82, 2.24) is 10.2 Å². The number of amides is 1. The largest absolute Gasteiger partial charge is 0.465 e. The fraction of sp³-hybridized carbons (Fsp3) is 0.467. The Morgan fingerprint density at radius 2 is 2.24 bits per heavy atom. The van der Waals surface area contributed by atoms with Crippen LogP contribution in [0.4, 0.5) is 0 Å². The first-order chi connectivity index (χ1) is 9.99. The fourth-order valence-corrected chi connectivity index (χ4v) is 3.05. The smallest absolute Gasteiger partial charge is 0.337 e. The maximum atomic E-state index is 11.5. The van der Waals surface area contributed by atoms with Gasteiger partial charge >= 0.3 is 5.97 Å². The summed E-state index contributed by atoms with van der Waals surface area (Å²) >= 11 is 3.50. The van der Waals surface area contributed by atoms with Crippen molar-refractivity contribution in [2.24, 2.45) is 0 Å². The van der Waals surface area contributed by atoms with Crippen LogP contribution in [-0.4, -0.2) is 43.0 Å². The van der Waals surface area contributed by atoms with Crippen LogP contribution in [0.3, 0.4) is 0 Å². The molecule has 2 rings (SSSR count). The third-order valence-corrected chi connectivity index (χ3v) is 4.29. The monoisotopic (exact) mass is 354 g/mol. The SMILES string of the molecule is COC(=O)c1ccc(CN2CCC(NC(C)=O)C2)c(Br)c1. The van der Waals surface area contributed by atoms with Gasteiger partial charge in [0.25, 0.3) is 0 Å². The highest BCUT2D eigenvalue weighted by atomic mass is 79.9. The van der Waals surface area contributed by atoms with Gasteiger partial charge in [-0.15, -0.1) is 0 Å². The van der Waals surface area contributed by atoms with E-state index in [0.717, 1.165) is 36.1 Å². The fourth-order valence-electron chi connectivity index (χ4n) is 2.54. The molecule has 1 aromatic rings. The quantitative estimate of drug-likeness (QED) is 0.839. The molecule has 1 aliphatic rings. The summed E-state index contributed by atoms with van der Waals surface area (Å²) in [5, 5.41) is 2.95. The minimum absolute atomic E-state index is 0.0189. The Labute approximate surface area is 132 Å². The Bertz CT molecular complexity index is 548. The molecule has 0 bridgehead atoms. The third-order valence-electron chi connectivity index (χ3n) is 3.55. The third kappa shape index (κ3) is 4.28. The van der Waals surface area contributed by atoms with E-state index >= 15 is 0 Å². The predicted octanol–water partition coefficient (Wildman–Crippen LogP) is 1.95. The van der Waals surface area contributed by atoms with E-state index in [1.165, 1.54) is 7.11 Å². The summed E-state index contributed by atoms with van der Waals surface area (Å²) in [6, 6.07) is 5.72. The number of carbonyl (C=O) groups excluding carboxylic acids is 2. The molecule has 114 valence electrons. The van der Waals surface area contributed by atoms with Crippen molar-refractivity contribution in [3.8, 4) is 0 Å². The zero-order valence-corrected chi connectivity index (χ0v) is 13.8. The second-order valence-corrected chi connectivity index (χ2v) is 6.07. The minimum atomic E-state index is -0.339. The van der Waals surface area contributed by atoms with Gasteiger partial charge in [0, 0.05) is 37.1 Å². The highest BCUT2D eigenvalue weighted by molar-refractivity contribution is 9.10. The topological polar surface area (TPSA) is 58.6 Å². The van der Waals surface area contributed by atoms with Crippen LogP contribution in [0.2, 0.25) is 0 Å². The molecule has 0 radical (unpaired) electrons. The van der Waals surface area contributed by atoms with Crippen LogP contribution in [0.25, 0.3) is 0 Å². The Kier molecular flexibility index (Phi) is 5.36. The summed E-state index contributed by atoms with van der Waals surface area (Å²) in [7, 11) is 1.37. The number of hydrogen-bond donors (Lipinski definition) is 1. The number of methoxy groups -OCH3 is 1. The van der Waals surface area contributed by atoms with E-state index in [0.29, 0.717) is 5.56 Å². The molecule has 0 aromatic heterocycles. The Balaban J connectivity index is 1.98. The van der Waals surface area contributed by atoms with Crippen LogP contribution < -0.4 is 5.32 Å². The van der Waals surface area contributed by atoms with Gasteiger partial charge in [0.2, 0.25) is 5.91 Å². The maximum absolute atomic E-state index is 11.5. The number of halogens is 1. The van der Waals surface area contributed by atoms with Gasteiger partial charge in [0.15, 0.2) is 0 Å². The molecule has 1 heterocycles. The number of rotatable bonds is 4. The summed E-state index contributed by atoms with van der Waals surface area (Å²) in [6.45, 7) is 4.14. The molecule has 1 fully saturated rings. The van der Waals surface area contributed by atoms with E-state index in [9.17, 15) is 9.59 Å². The van der Waals surface area contributed by atoms with E-state index in [2.05, 4.69) is 26.1 Å². The van der Waals surface area contributed by atoms with E-state index in [4.69, 9.17) is 4.74 Å². The van der Waals surface area contributed by atoms with Gasteiger partial charge in [-0.1, -0.05) is 22.0 Å². The number of ether oxygens (including phenoxy) is 1. The molecule has 5 nitrogen and oxygen atoms in total. The molecule has 1 aromatic carbocycles. The Morgan fingerprint density at radius 1 is 1.48 bits per heavy atom. The molecule has 21 heavy (non-hydrogen) atoms. The van der Waals surface area contributed by atoms with Crippen molar-refractivity contribution >= 4 is 27.8 Å². The van der Waals surface area contributed by atoms with E-state index in [1.54, 1.807) is 19.1 Å². The van der Waals surface area contributed by atoms with Crippen molar-refractivity contribution < 1.29 is 14.3 Å². The van der Waals surface area contributed by atoms with Crippen LogP contribution in [-0.2, 0) is 16.1 Å². The molecule has 1 atom stereocenters. The van der Waals surface area contributed by atoms with Gasteiger partial charge < -0.3 is 10.1 Å². The molecule has 1 unspecified atom stereocenters. The van der Waals surface area contributed by atoms with Crippen molar-refractivity contribution in [1.29, 1.82) is 0 Å². The van der Waals surface area contributed by atoms with Gasteiger partial charge in [0.05, 0.1) is 12.7 Å². The van der Waals surface area contributed by atoms with Crippen LogP contribution >= 0.6 is 15.9 Å².